The monoisotopic (exact) mass is 479 g/mol. The standard InChI is InChI=1S/C22H27F2N5O3S/c23-22(24)33(31,32)18-8-4-3-7-17(18)21(30)29-15-13-28(14-16-29)20-10-9-19(25-26-20)27-11-5-1-2-6-12-27/h3-4,7-10,22H,1-2,5-6,11-16H2. The smallest absolute Gasteiger partial charge is 0.341 e. The average Bonchev–Trinajstić information content (AvgIpc) is 3.13. The number of benzene rings is 1. The molecule has 0 radical (unpaired) electrons. The van der Waals surface area contributed by atoms with E-state index in [1.807, 2.05) is 17.0 Å². The van der Waals surface area contributed by atoms with E-state index < -0.39 is 26.4 Å². The van der Waals surface area contributed by atoms with Crippen LogP contribution in [0.4, 0.5) is 20.4 Å². The Balaban J connectivity index is 1.41. The zero-order chi connectivity index (χ0) is 23.4. The molecule has 2 saturated heterocycles. The number of piperazine rings is 1. The molecule has 1 aromatic carbocycles. The van der Waals surface area contributed by atoms with E-state index in [1.54, 1.807) is 0 Å². The van der Waals surface area contributed by atoms with Gasteiger partial charge in [0.25, 0.3) is 5.91 Å². The third-order valence-electron chi connectivity index (χ3n) is 6.12. The van der Waals surface area contributed by atoms with Crippen LogP contribution < -0.4 is 9.80 Å². The maximum absolute atomic E-state index is 13.1. The molecule has 0 atom stereocenters. The Labute approximate surface area is 192 Å². The van der Waals surface area contributed by atoms with Gasteiger partial charge in [-0.05, 0) is 37.1 Å². The second kappa shape index (κ2) is 9.98. The third-order valence-corrected chi connectivity index (χ3v) is 7.55. The molecule has 0 bridgehead atoms. The summed E-state index contributed by atoms with van der Waals surface area (Å²) < 4.78 is 50.1. The fourth-order valence-corrected chi connectivity index (χ4v) is 5.17. The van der Waals surface area contributed by atoms with Crippen LogP contribution in [-0.2, 0) is 9.84 Å². The number of halogens is 2. The molecule has 0 spiro atoms. The number of sulfone groups is 1. The second-order valence-corrected chi connectivity index (χ2v) is 10.1. The summed E-state index contributed by atoms with van der Waals surface area (Å²) in [6, 6.07) is 9.02. The number of carbonyl (C=O) groups is 1. The van der Waals surface area contributed by atoms with Crippen LogP contribution in [-0.4, -0.2) is 74.4 Å². The van der Waals surface area contributed by atoms with Gasteiger partial charge in [-0.15, -0.1) is 10.2 Å². The van der Waals surface area contributed by atoms with Crippen molar-refractivity contribution >= 4 is 27.4 Å². The summed E-state index contributed by atoms with van der Waals surface area (Å²) in [4.78, 5) is 18.1. The topological polar surface area (TPSA) is 86.7 Å². The molecule has 0 aliphatic carbocycles. The molecular formula is C22H27F2N5O3S. The molecule has 2 aliphatic heterocycles. The first kappa shape index (κ1) is 23.3. The number of anilines is 2. The Morgan fingerprint density at radius 1 is 0.788 bits per heavy atom. The highest BCUT2D eigenvalue weighted by Crippen LogP contribution is 2.25. The van der Waals surface area contributed by atoms with Crippen molar-refractivity contribution < 1.29 is 22.0 Å². The van der Waals surface area contributed by atoms with Gasteiger partial charge in [-0.2, -0.15) is 8.78 Å². The van der Waals surface area contributed by atoms with Crippen molar-refractivity contribution in [2.75, 3.05) is 49.1 Å². The molecular weight excluding hydrogens is 452 g/mol. The van der Waals surface area contributed by atoms with Gasteiger partial charge in [0.1, 0.15) is 0 Å². The molecule has 1 aromatic heterocycles. The van der Waals surface area contributed by atoms with Gasteiger partial charge < -0.3 is 14.7 Å². The van der Waals surface area contributed by atoms with Crippen molar-refractivity contribution in [2.24, 2.45) is 0 Å². The average molecular weight is 480 g/mol. The predicted molar refractivity (Wildman–Crippen MR) is 120 cm³/mol. The van der Waals surface area contributed by atoms with Crippen LogP contribution in [0.3, 0.4) is 0 Å². The van der Waals surface area contributed by atoms with Crippen LogP contribution in [0, 0.1) is 0 Å². The quantitative estimate of drug-likeness (QED) is 0.652. The van der Waals surface area contributed by atoms with E-state index in [0.717, 1.165) is 37.8 Å². The first-order valence-corrected chi connectivity index (χ1v) is 12.7. The highest BCUT2D eigenvalue weighted by atomic mass is 32.2. The lowest BCUT2D eigenvalue weighted by Crippen LogP contribution is -2.49. The van der Waals surface area contributed by atoms with Crippen LogP contribution in [0.15, 0.2) is 41.3 Å². The third kappa shape index (κ3) is 5.07. The van der Waals surface area contributed by atoms with E-state index in [-0.39, 0.29) is 5.56 Å². The molecule has 8 nitrogen and oxygen atoms in total. The van der Waals surface area contributed by atoms with Gasteiger partial charge in [0, 0.05) is 39.3 Å². The molecule has 3 heterocycles. The SMILES string of the molecule is O=C(c1ccccc1S(=O)(=O)C(F)F)N1CCN(c2ccc(N3CCCCCC3)nn2)CC1. The van der Waals surface area contributed by atoms with Crippen LogP contribution >= 0.6 is 0 Å². The van der Waals surface area contributed by atoms with Crippen molar-refractivity contribution in [3.8, 4) is 0 Å². The number of hydrogen-bond acceptors (Lipinski definition) is 7. The van der Waals surface area contributed by atoms with Gasteiger partial charge in [0.05, 0.1) is 10.5 Å². The molecule has 1 amide bonds. The van der Waals surface area contributed by atoms with E-state index in [4.69, 9.17) is 0 Å². The summed E-state index contributed by atoms with van der Waals surface area (Å²) in [5.74, 6) is -2.58. The van der Waals surface area contributed by atoms with Gasteiger partial charge in [0.15, 0.2) is 11.6 Å². The van der Waals surface area contributed by atoms with Gasteiger partial charge in [0.2, 0.25) is 9.84 Å². The first-order valence-electron chi connectivity index (χ1n) is 11.1. The highest BCUT2D eigenvalue weighted by molar-refractivity contribution is 7.91. The Morgan fingerprint density at radius 3 is 1.88 bits per heavy atom. The van der Waals surface area contributed by atoms with Crippen LogP contribution in [0.1, 0.15) is 36.0 Å². The summed E-state index contributed by atoms with van der Waals surface area (Å²) in [5.41, 5.74) is -0.229. The highest BCUT2D eigenvalue weighted by Gasteiger charge is 2.33. The molecule has 4 rings (SSSR count). The van der Waals surface area contributed by atoms with Crippen molar-refractivity contribution in [2.45, 2.75) is 36.3 Å². The number of rotatable bonds is 5. The molecule has 0 N–H and O–H groups in total. The van der Waals surface area contributed by atoms with E-state index in [0.29, 0.717) is 32.0 Å². The minimum atomic E-state index is -4.87. The van der Waals surface area contributed by atoms with Crippen molar-refractivity contribution in [1.82, 2.24) is 15.1 Å². The molecule has 33 heavy (non-hydrogen) atoms. The Hall–Kier alpha value is -2.82. The van der Waals surface area contributed by atoms with Crippen LogP contribution in [0.2, 0.25) is 0 Å². The minimum absolute atomic E-state index is 0.229. The van der Waals surface area contributed by atoms with E-state index in [1.165, 1.54) is 35.9 Å². The minimum Gasteiger partial charge on any atom is -0.355 e. The summed E-state index contributed by atoms with van der Waals surface area (Å²) in [7, 11) is -4.87. The largest absolute Gasteiger partial charge is 0.355 e. The number of amides is 1. The number of aromatic nitrogens is 2. The lowest BCUT2D eigenvalue weighted by molar-refractivity contribution is 0.0742. The van der Waals surface area contributed by atoms with Crippen molar-refractivity contribution in [3.05, 3.63) is 42.0 Å². The van der Waals surface area contributed by atoms with Crippen LogP contribution in [0.25, 0.3) is 0 Å². The maximum atomic E-state index is 13.1. The molecule has 2 aliphatic rings. The summed E-state index contributed by atoms with van der Waals surface area (Å²) in [6.07, 6.45) is 4.79. The lowest BCUT2D eigenvalue weighted by Gasteiger charge is -2.35. The number of hydrogen-bond donors (Lipinski definition) is 0. The lowest BCUT2D eigenvalue weighted by atomic mass is 10.2. The van der Waals surface area contributed by atoms with Gasteiger partial charge >= 0.3 is 5.76 Å². The predicted octanol–water partition coefficient (Wildman–Crippen LogP) is 2.82. The molecule has 0 saturated carbocycles. The van der Waals surface area contributed by atoms with Crippen molar-refractivity contribution in [3.63, 3.8) is 0 Å². The van der Waals surface area contributed by atoms with E-state index in [2.05, 4.69) is 15.1 Å². The zero-order valence-electron chi connectivity index (χ0n) is 18.2. The fourth-order valence-electron chi connectivity index (χ4n) is 4.25. The molecule has 0 unspecified atom stereocenters. The second-order valence-electron chi connectivity index (χ2n) is 8.23. The Bertz CT molecular complexity index is 1070. The van der Waals surface area contributed by atoms with Crippen LogP contribution in [0.5, 0.6) is 0 Å². The summed E-state index contributed by atoms with van der Waals surface area (Å²) in [6.45, 7) is 3.56. The van der Waals surface area contributed by atoms with Gasteiger partial charge in [-0.1, -0.05) is 25.0 Å². The van der Waals surface area contributed by atoms with Gasteiger partial charge in [-0.25, -0.2) is 8.42 Å². The zero-order valence-corrected chi connectivity index (χ0v) is 19.1. The molecule has 2 fully saturated rings. The number of carbonyl (C=O) groups excluding carboxylic acids is 1. The Morgan fingerprint density at radius 2 is 1.33 bits per heavy atom. The normalized spacial score (nSPS) is 17.8. The maximum Gasteiger partial charge on any atom is 0.341 e. The molecule has 178 valence electrons. The number of alkyl halides is 2. The van der Waals surface area contributed by atoms with E-state index in [9.17, 15) is 22.0 Å². The van der Waals surface area contributed by atoms with E-state index >= 15 is 0 Å². The summed E-state index contributed by atoms with van der Waals surface area (Å²) >= 11 is 0. The summed E-state index contributed by atoms with van der Waals surface area (Å²) in [5, 5.41) is 8.76. The Kier molecular flexibility index (Phi) is 7.06. The number of nitrogens with zero attached hydrogens (tertiary/aromatic N) is 5. The van der Waals surface area contributed by atoms with Gasteiger partial charge in [-0.3, -0.25) is 4.79 Å². The first-order chi connectivity index (χ1) is 15.9. The molecule has 2 aromatic rings. The molecule has 11 heteroatoms. The van der Waals surface area contributed by atoms with Crippen molar-refractivity contribution in [1.29, 1.82) is 0 Å². The fraction of sp³-hybridized carbons (Fsp3) is 0.500.